The minimum absolute atomic E-state index is 0.0404. The molecule has 3 aliphatic heterocycles. The number of carbonyl (C=O) groups is 3. The number of hydrogen-bond acceptors (Lipinski definition) is 8. The number of hydrogen-bond donors (Lipinski definition) is 2. The summed E-state index contributed by atoms with van der Waals surface area (Å²) in [5, 5.41) is 12.6. The Morgan fingerprint density at radius 3 is 2.46 bits per heavy atom. The van der Waals surface area contributed by atoms with Gasteiger partial charge in [-0.2, -0.15) is 5.26 Å². The van der Waals surface area contributed by atoms with Crippen LogP contribution in [0.5, 0.6) is 0 Å². The molecular formula is C40H43FN8O3. The number of nitriles is 1. The fourth-order valence-electron chi connectivity index (χ4n) is 8.68. The summed E-state index contributed by atoms with van der Waals surface area (Å²) in [7, 11) is 0. The predicted molar refractivity (Wildman–Crippen MR) is 196 cm³/mol. The minimum atomic E-state index is -0.530. The van der Waals surface area contributed by atoms with E-state index < -0.39 is 17.3 Å². The van der Waals surface area contributed by atoms with Gasteiger partial charge in [0.15, 0.2) is 5.78 Å². The number of aromatic amines is 1. The van der Waals surface area contributed by atoms with Crippen molar-refractivity contribution in [3.63, 3.8) is 0 Å². The number of urea groups is 1. The SMILES string of the molecule is CCc1cc2c(cc1N1CCC(N3CCN(Cc4cc(N5CCC(=O)NC5=O)ncc4F)CC3)CC1)C(C)(C)c1[nH]c3cc(C#N)ccc3c1C2=O. The summed E-state index contributed by atoms with van der Waals surface area (Å²) in [6.07, 6.45) is 4.26. The van der Waals surface area contributed by atoms with Crippen molar-refractivity contribution in [2.75, 3.05) is 55.6 Å². The molecular weight excluding hydrogens is 659 g/mol. The molecule has 2 N–H and O–H groups in total. The molecule has 0 spiro atoms. The van der Waals surface area contributed by atoms with E-state index in [9.17, 15) is 24.0 Å². The summed E-state index contributed by atoms with van der Waals surface area (Å²) in [6.45, 7) is 12.5. The molecule has 4 aromatic rings. The monoisotopic (exact) mass is 702 g/mol. The third-order valence-electron chi connectivity index (χ3n) is 11.7. The van der Waals surface area contributed by atoms with Gasteiger partial charge in [-0.05, 0) is 60.7 Å². The van der Waals surface area contributed by atoms with Crippen LogP contribution < -0.4 is 15.1 Å². The normalized spacial score (nSPS) is 19.8. The van der Waals surface area contributed by atoms with Gasteiger partial charge in [0.2, 0.25) is 5.91 Å². The molecule has 0 unspecified atom stereocenters. The fourth-order valence-corrected chi connectivity index (χ4v) is 8.68. The molecule has 0 radical (unpaired) electrons. The molecule has 2 aromatic carbocycles. The van der Waals surface area contributed by atoms with Gasteiger partial charge < -0.3 is 9.88 Å². The smallest absolute Gasteiger partial charge is 0.329 e. The molecule has 4 aliphatic rings. The number of benzene rings is 2. The van der Waals surface area contributed by atoms with E-state index in [0.717, 1.165) is 92.5 Å². The molecule has 0 bridgehead atoms. The van der Waals surface area contributed by atoms with Crippen LogP contribution in [-0.4, -0.2) is 89.3 Å². The van der Waals surface area contributed by atoms with Gasteiger partial charge in [-0.1, -0.05) is 26.8 Å². The zero-order chi connectivity index (χ0) is 36.3. The molecule has 3 amide bonds. The molecule has 268 valence electrons. The van der Waals surface area contributed by atoms with Crippen molar-refractivity contribution in [3.05, 3.63) is 87.5 Å². The molecule has 3 fully saturated rings. The lowest BCUT2D eigenvalue weighted by molar-refractivity contribution is -0.120. The Morgan fingerprint density at radius 1 is 0.981 bits per heavy atom. The maximum atomic E-state index is 14.8. The van der Waals surface area contributed by atoms with Crippen molar-refractivity contribution in [3.8, 4) is 6.07 Å². The first-order chi connectivity index (χ1) is 25.0. The zero-order valence-corrected chi connectivity index (χ0v) is 29.9. The van der Waals surface area contributed by atoms with E-state index in [1.54, 1.807) is 12.1 Å². The van der Waals surface area contributed by atoms with E-state index in [4.69, 9.17) is 0 Å². The molecule has 5 heterocycles. The molecule has 12 heteroatoms. The van der Waals surface area contributed by atoms with Crippen LogP contribution in [0.15, 0.2) is 42.6 Å². The standard InChI is InChI=1S/C40H43FN8O3/c1-4-25-18-29-30(40(2,3)38-36(37(29)51)28-6-5-24(21-42)17-32(28)44-38)20-33(25)48-10-7-27(8-11-48)47-15-13-46(14-16-47)23-26-19-34(43-22-31(26)41)49-12-9-35(50)45-39(49)52/h5-6,17-20,22,27,44H,4,7-16,23H2,1-3H3,(H,45,50,52). The number of halogens is 1. The number of anilines is 2. The van der Waals surface area contributed by atoms with Crippen molar-refractivity contribution >= 4 is 40.1 Å². The van der Waals surface area contributed by atoms with Crippen molar-refractivity contribution in [2.45, 2.75) is 64.5 Å². The van der Waals surface area contributed by atoms with E-state index >= 15 is 0 Å². The highest BCUT2D eigenvalue weighted by Gasteiger charge is 2.41. The zero-order valence-electron chi connectivity index (χ0n) is 29.9. The van der Waals surface area contributed by atoms with Crippen molar-refractivity contribution in [1.82, 2.24) is 25.1 Å². The number of carbonyl (C=O) groups excluding carboxylic acids is 3. The first-order valence-corrected chi connectivity index (χ1v) is 18.3. The number of H-pyrrole nitrogens is 1. The number of amides is 3. The number of imide groups is 1. The Balaban J connectivity index is 0.926. The largest absolute Gasteiger partial charge is 0.371 e. The van der Waals surface area contributed by atoms with Crippen LogP contribution in [0.2, 0.25) is 0 Å². The van der Waals surface area contributed by atoms with Crippen LogP contribution in [-0.2, 0) is 23.2 Å². The summed E-state index contributed by atoms with van der Waals surface area (Å²) in [6, 6.07) is 13.7. The summed E-state index contributed by atoms with van der Waals surface area (Å²) in [4.78, 5) is 54.3. The molecule has 8 rings (SSSR count). The van der Waals surface area contributed by atoms with Gasteiger partial charge in [-0.25, -0.2) is 14.2 Å². The lowest BCUT2D eigenvalue weighted by Crippen LogP contribution is -2.53. The van der Waals surface area contributed by atoms with Crippen molar-refractivity contribution in [2.24, 2.45) is 0 Å². The van der Waals surface area contributed by atoms with Crippen molar-refractivity contribution in [1.29, 1.82) is 5.26 Å². The summed E-state index contributed by atoms with van der Waals surface area (Å²) in [5.74, 6) is -0.325. The maximum Gasteiger partial charge on any atom is 0.329 e. The number of nitrogens with one attached hydrogen (secondary N) is 2. The average molecular weight is 703 g/mol. The number of aryl methyl sites for hydroxylation is 1. The second-order valence-electron chi connectivity index (χ2n) is 15.0. The molecule has 52 heavy (non-hydrogen) atoms. The van der Waals surface area contributed by atoms with Crippen molar-refractivity contribution < 1.29 is 18.8 Å². The minimum Gasteiger partial charge on any atom is -0.371 e. The van der Waals surface area contributed by atoms with Gasteiger partial charge in [0.05, 0.1) is 23.4 Å². The highest BCUT2D eigenvalue weighted by atomic mass is 19.1. The van der Waals surface area contributed by atoms with Crippen LogP contribution >= 0.6 is 0 Å². The maximum absolute atomic E-state index is 14.8. The molecule has 11 nitrogen and oxygen atoms in total. The van der Waals surface area contributed by atoms with E-state index in [-0.39, 0.29) is 24.7 Å². The fraction of sp³-hybridized carbons (Fsp3) is 0.425. The van der Waals surface area contributed by atoms with E-state index in [2.05, 4.69) is 69.0 Å². The number of ketones is 1. The number of piperidine rings is 1. The van der Waals surface area contributed by atoms with Gasteiger partial charge in [-0.15, -0.1) is 0 Å². The Hall–Kier alpha value is -5.12. The summed E-state index contributed by atoms with van der Waals surface area (Å²) >= 11 is 0. The molecule has 0 atom stereocenters. The van der Waals surface area contributed by atoms with Crippen LogP contribution in [0.3, 0.4) is 0 Å². The van der Waals surface area contributed by atoms with Gasteiger partial charge in [0.1, 0.15) is 11.6 Å². The lowest BCUT2D eigenvalue weighted by Gasteiger charge is -2.44. The van der Waals surface area contributed by atoms with E-state index in [0.29, 0.717) is 35.1 Å². The van der Waals surface area contributed by atoms with Gasteiger partial charge in [0, 0.05) is 104 Å². The topological polar surface area (TPSA) is 129 Å². The van der Waals surface area contributed by atoms with E-state index in [1.807, 2.05) is 12.1 Å². The van der Waals surface area contributed by atoms with Crippen LogP contribution in [0.1, 0.15) is 83.9 Å². The molecule has 1 aliphatic carbocycles. The molecule has 2 aromatic heterocycles. The van der Waals surface area contributed by atoms with Crippen LogP contribution in [0.25, 0.3) is 10.9 Å². The highest BCUT2D eigenvalue weighted by Crippen LogP contribution is 2.46. The predicted octanol–water partition coefficient (Wildman–Crippen LogP) is 5.24. The Kier molecular flexibility index (Phi) is 8.59. The number of fused-ring (bicyclic) bond motifs is 4. The number of piperazine rings is 1. The Bertz CT molecular complexity index is 2150. The third kappa shape index (κ3) is 5.82. The number of nitrogens with zero attached hydrogens (tertiary/aromatic N) is 6. The lowest BCUT2D eigenvalue weighted by atomic mass is 9.70. The van der Waals surface area contributed by atoms with Gasteiger partial charge >= 0.3 is 6.03 Å². The first kappa shape index (κ1) is 34.0. The van der Waals surface area contributed by atoms with E-state index in [1.165, 1.54) is 16.2 Å². The molecule has 3 saturated heterocycles. The van der Waals surface area contributed by atoms with Crippen LogP contribution in [0, 0.1) is 17.1 Å². The highest BCUT2D eigenvalue weighted by molar-refractivity contribution is 6.20. The number of rotatable bonds is 6. The van der Waals surface area contributed by atoms with Crippen LogP contribution in [0.4, 0.5) is 20.7 Å². The second-order valence-corrected chi connectivity index (χ2v) is 15.0. The first-order valence-electron chi connectivity index (χ1n) is 18.3. The van der Waals surface area contributed by atoms with Gasteiger partial charge in [-0.3, -0.25) is 29.6 Å². The quantitative estimate of drug-likeness (QED) is 0.279. The third-order valence-corrected chi connectivity index (χ3v) is 11.7. The second kappa shape index (κ2) is 13.1. The summed E-state index contributed by atoms with van der Waals surface area (Å²) < 4.78 is 14.8. The molecule has 0 saturated carbocycles. The number of aromatic nitrogens is 2. The average Bonchev–Trinajstić information content (AvgIpc) is 3.55. The Morgan fingerprint density at radius 2 is 1.75 bits per heavy atom. The summed E-state index contributed by atoms with van der Waals surface area (Å²) in [5.41, 5.74) is 7.28. The van der Waals surface area contributed by atoms with Gasteiger partial charge in [0.25, 0.3) is 0 Å². The number of pyridine rings is 1. The Labute approximate surface area is 302 Å².